The number of nitrogens with one attached hydrogen (secondary N) is 2. The molecule has 0 radical (unpaired) electrons. The average molecular weight is 450 g/mol. The molecule has 2 aromatic heterocycles. The van der Waals surface area contributed by atoms with Crippen molar-refractivity contribution in [2.24, 2.45) is 12.0 Å². The number of aliphatic imine (C=N–C) groups is 1. The van der Waals surface area contributed by atoms with Gasteiger partial charge in [0.25, 0.3) is 0 Å². The standard InChI is InChI=1S/C13H22N8S.HI/c1-8(2)12-20-19-11(22-12)7-16-13(14-4)15-6-10-18-17-9(3)21(10)5;/h8H,6-7H2,1-5H3,(H2,14,15,16);1H. The van der Waals surface area contributed by atoms with Crippen LogP contribution in [0, 0.1) is 6.92 Å². The van der Waals surface area contributed by atoms with Crippen LogP contribution in [0.4, 0.5) is 0 Å². The van der Waals surface area contributed by atoms with Crippen molar-refractivity contribution in [2.75, 3.05) is 7.05 Å². The van der Waals surface area contributed by atoms with Gasteiger partial charge in [-0.3, -0.25) is 4.99 Å². The third-order valence-electron chi connectivity index (χ3n) is 3.20. The van der Waals surface area contributed by atoms with Crippen molar-refractivity contribution >= 4 is 41.3 Å². The lowest BCUT2D eigenvalue weighted by Crippen LogP contribution is -2.36. The Kier molecular flexibility index (Phi) is 7.82. The van der Waals surface area contributed by atoms with Crippen molar-refractivity contribution in [3.63, 3.8) is 0 Å². The van der Waals surface area contributed by atoms with Crippen molar-refractivity contribution in [1.82, 2.24) is 35.6 Å². The van der Waals surface area contributed by atoms with Crippen LogP contribution in [0.25, 0.3) is 0 Å². The molecule has 0 aliphatic rings. The second-order valence-corrected chi connectivity index (χ2v) is 6.28. The monoisotopic (exact) mass is 450 g/mol. The molecule has 2 N–H and O–H groups in total. The minimum atomic E-state index is 0. The van der Waals surface area contributed by atoms with Gasteiger partial charge in [0, 0.05) is 20.0 Å². The summed E-state index contributed by atoms with van der Waals surface area (Å²) in [6, 6.07) is 0. The predicted octanol–water partition coefficient (Wildman–Crippen LogP) is 1.58. The Morgan fingerprint density at radius 3 is 2.39 bits per heavy atom. The number of halogens is 1. The van der Waals surface area contributed by atoms with E-state index in [1.165, 1.54) is 0 Å². The van der Waals surface area contributed by atoms with E-state index in [-0.39, 0.29) is 24.0 Å². The zero-order valence-electron chi connectivity index (χ0n) is 14.0. The number of hydrogen-bond donors (Lipinski definition) is 2. The van der Waals surface area contributed by atoms with Crippen LogP contribution in [0.5, 0.6) is 0 Å². The molecule has 0 aromatic carbocycles. The SMILES string of the molecule is CN=C(NCc1nnc(C(C)C)s1)NCc1nnc(C)n1C.I. The van der Waals surface area contributed by atoms with E-state index in [4.69, 9.17) is 0 Å². The predicted molar refractivity (Wildman–Crippen MR) is 102 cm³/mol. The number of hydrogen-bond acceptors (Lipinski definition) is 6. The molecule has 8 nitrogen and oxygen atoms in total. The number of nitrogens with zero attached hydrogens (tertiary/aromatic N) is 6. The van der Waals surface area contributed by atoms with Gasteiger partial charge in [0.05, 0.1) is 13.1 Å². The van der Waals surface area contributed by atoms with Crippen LogP contribution in [0.1, 0.15) is 41.4 Å². The van der Waals surface area contributed by atoms with E-state index >= 15 is 0 Å². The Bertz CT molecular complexity index is 648. The van der Waals surface area contributed by atoms with Gasteiger partial charge in [-0.1, -0.05) is 25.2 Å². The summed E-state index contributed by atoms with van der Waals surface area (Å²) in [6.07, 6.45) is 0. The Balaban J connectivity index is 0.00000264. The van der Waals surface area contributed by atoms with Crippen LogP contribution in [0.2, 0.25) is 0 Å². The van der Waals surface area contributed by atoms with E-state index in [9.17, 15) is 0 Å². The molecular formula is C13H23IN8S. The maximum atomic E-state index is 4.19. The van der Waals surface area contributed by atoms with Crippen molar-refractivity contribution in [1.29, 1.82) is 0 Å². The van der Waals surface area contributed by atoms with Crippen LogP contribution in [0.15, 0.2) is 4.99 Å². The van der Waals surface area contributed by atoms with E-state index in [1.54, 1.807) is 18.4 Å². The average Bonchev–Trinajstić information content (AvgIpc) is 3.09. The van der Waals surface area contributed by atoms with Gasteiger partial charge >= 0.3 is 0 Å². The zero-order valence-corrected chi connectivity index (χ0v) is 17.1. The van der Waals surface area contributed by atoms with Crippen LogP contribution < -0.4 is 10.6 Å². The summed E-state index contributed by atoms with van der Waals surface area (Å²) in [4.78, 5) is 4.19. The molecule has 0 aliphatic carbocycles. The summed E-state index contributed by atoms with van der Waals surface area (Å²) in [5.74, 6) is 2.85. The summed E-state index contributed by atoms with van der Waals surface area (Å²) in [6.45, 7) is 7.31. The second-order valence-electron chi connectivity index (χ2n) is 5.19. The van der Waals surface area contributed by atoms with Gasteiger partial charge in [0.2, 0.25) is 0 Å². The maximum absolute atomic E-state index is 4.19. The number of aryl methyl sites for hydroxylation is 1. The minimum Gasteiger partial charge on any atom is -0.350 e. The third kappa shape index (κ3) is 5.37. The van der Waals surface area contributed by atoms with E-state index in [2.05, 4.69) is 49.9 Å². The number of rotatable bonds is 5. The van der Waals surface area contributed by atoms with Gasteiger partial charge in [-0.25, -0.2) is 0 Å². The smallest absolute Gasteiger partial charge is 0.191 e. The fraction of sp³-hybridized carbons (Fsp3) is 0.615. The van der Waals surface area contributed by atoms with E-state index < -0.39 is 0 Å². The summed E-state index contributed by atoms with van der Waals surface area (Å²) in [5, 5.41) is 24.9. The molecule has 2 aromatic rings. The third-order valence-corrected chi connectivity index (χ3v) is 4.43. The largest absolute Gasteiger partial charge is 0.350 e. The molecule has 0 amide bonds. The molecule has 0 spiro atoms. The second kappa shape index (κ2) is 9.11. The first-order chi connectivity index (χ1) is 10.5. The molecule has 0 saturated heterocycles. The van der Waals surface area contributed by atoms with Crippen molar-refractivity contribution < 1.29 is 0 Å². The molecule has 2 rings (SSSR count). The van der Waals surface area contributed by atoms with Crippen molar-refractivity contribution in [2.45, 2.75) is 39.8 Å². The molecule has 0 unspecified atom stereocenters. The Hall–Kier alpha value is -1.30. The van der Waals surface area contributed by atoms with Crippen LogP contribution in [-0.2, 0) is 20.1 Å². The van der Waals surface area contributed by atoms with E-state index in [1.807, 2.05) is 18.5 Å². The highest BCUT2D eigenvalue weighted by Gasteiger charge is 2.09. The number of aromatic nitrogens is 5. The highest BCUT2D eigenvalue weighted by atomic mass is 127. The topological polar surface area (TPSA) is 92.9 Å². The Morgan fingerprint density at radius 2 is 1.87 bits per heavy atom. The maximum Gasteiger partial charge on any atom is 0.191 e. The van der Waals surface area contributed by atoms with Crippen molar-refractivity contribution in [3.05, 3.63) is 21.7 Å². The summed E-state index contributed by atoms with van der Waals surface area (Å²) in [5.41, 5.74) is 0. The number of guanidine groups is 1. The first-order valence-electron chi connectivity index (χ1n) is 7.13. The molecule has 0 bridgehead atoms. The molecule has 10 heteroatoms. The van der Waals surface area contributed by atoms with Gasteiger partial charge in [-0.15, -0.1) is 44.4 Å². The van der Waals surface area contributed by atoms with Crippen LogP contribution in [-0.4, -0.2) is 38.0 Å². The zero-order chi connectivity index (χ0) is 16.1. The molecule has 0 saturated carbocycles. The van der Waals surface area contributed by atoms with Gasteiger partial charge in [0.15, 0.2) is 11.8 Å². The molecule has 0 aliphatic heterocycles. The molecule has 0 atom stereocenters. The molecule has 128 valence electrons. The molecule has 23 heavy (non-hydrogen) atoms. The molecular weight excluding hydrogens is 427 g/mol. The fourth-order valence-electron chi connectivity index (χ4n) is 1.72. The normalized spacial score (nSPS) is 11.5. The van der Waals surface area contributed by atoms with E-state index in [0.29, 0.717) is 25.0 Å². The Morgan fingerprint density at radius 1 is 1.17 bits per heavy atom. The first kappa shape index (κ1) is 19.7. The summed E-state index contributed by atoms with van der Waals surface area (Å²) < 4.78 is 1.94. The lowest BCUT2D eigenvalue weighted by atomic mass is 10.2. The molecule has 0 fully saturated rings. The van der Waals surface area contributed by atoms with Gasteiger partial charge in [0.1, 0.15) is 15.8 Å². The van der Waals surface area contributed by atoms with Crippen LogP contribution >= 0.6 is 35.3 Å². The Labute approximate surface area is 157 Å². The minimum absolute atomic E-state index is 0. The van der Waals surface area contributed by atoms with E-state index in [0.717, 1.165) is 21.7 Å². The summed E-state index contributed by atoms with van der Waals surface area (Å²) in [7, 11) is 3.67. The first-order valence-corrected chi connectivity index (χ1v) is 7.94. The highest BCUT2D eigenvalue weighted by Crippen LogP contribution is 2.18. The lowest BCUT2D eigenvalue weighted by molar-refractivity contribution is 0.715. The van der Waals surface area contributed by atoms with Gasteiger partial charge < -0.3 is 15.2 Å². The van der Waals surface area contributed by atoms with Crippen molar-refractivity contribution in [3.8, 4) is 0 Å². The summed E-state index contributed by atoms with van der Waals surface area (Å²) >= 11 is 1.62. The van der Waals surface area contributed by atoms with Gasteiger partial charge in [-0.2, -0.15) is 0 Å². The fourth-order valence-corrected chi connectivity index (χ4v) is 2.50. The lowest BCUT2D eigenvalue weighted by Gasteiger charge is -2.10. The molecule has 2 heterocycles. The quantitative estimate of drug-likeness (QED) is 0.408. The highest BCUT2D eigenvalue weighted by molar-refractivity contribution is 14.0. The van der Waals surface area contributed by atoms with Gasteiger partial charge in [-0.05, 0) is 6.92 Å². The van der Waals surface area contributed by atoms with Crippen LogP contribution in [0.3, 0.4) is 0 Å².